The van der Waals surface area contributed by atoms with Crippen LogP contribution in [0.5, 0.6) is 23.0 Å². The average Bonchev–Trinajstić information content (AvgIpc) is 2.77. The standard InChI is InChI=1S/C22H28N2O5/c1-7-15(13(2)24-23)16-11-20(28-5)21(29-6)12-17(16)22(25)14-8-9-18(26-3)19(10-14)27-4/h8-12,15H,7,23H2,1-6H3. The van der Waals surface area contributed by atoms with Crippen LogP contribution in [0.25, 0.3) is 0 Å². The second kappa shape index (κ2) is 9.82. The normalized spacial score (nSPS) is 12.3. The second-order valence-corrected chi connectivity index (χ2v) is 6.42. The lowest BCUT2D eigenvalue weighted by Crippen LogP contribution is -2.16. The second-order valence-electron chi connectivity index (χ2n) is 6.42. The Morgan fingerprint density at radius 1 is 0.931 bits per heavy atom. The van der Waals surface area contributed by atoms with Crippen molar-refractivity contribution < 1.29 is 23.7 Å². The zero-order valence-corrected chi connectivity index (χ0v) is 17.7. The molecule has 7 heteroatoms. The van der Waals surface area contributed by atoms with Gasteiger partial charge in [0.05, 0.1) is 28.4 Å². The van der Waals surface area contributed by atoms with Crippen molar-refractivity contribution in [2.75, 3.05) is 28.4 Å². The average molecular weight is 400 g/mol. The number of carbonyl (C=O) groups excluding carboxylic acids is 1. The fourth-order valence-electron chi connectivity index (χ4n) is 3.34. The first kappa shape index (κ1) is 22.1. The summed E-state index contributed by atoms with van der Waals surface area (Å²) in [5.74, 6) is 7.26. The van der Waals surface area contributed by atoms with Gasteiger partial charge in [-0.3, -0.25) is 4.79 Å². The van der Waals surface area contributed by atoms with Crippen LogP contribution in [0.15, 0.2) is 35.4 Å². The molecule has 0 aromatic heterocycles. The van der Waals surface area contributed by atoms with Gasteiger partial charge in [-0.2, -0.15) is 5.10 Å². The van der Waals surface area contributed by atoms with Gasteiger partial charge in [-0.05, 0) is 49.2 Å². The van der Waals surface area contributed by atoms with Gasteiger partial charge < -0.3 is 24.8 Å². The molecular weight excluding hydrogens is 372 g/mol. The molecule has 0 bridgehead atoms. The van der Waals surface area contributed by atoms with Crippen molar-refractivity contribution in [2.45, 2.75) is 26.2 Å². The number of hydrogen-bond acceptors (Lipinski definition) is 7. The Labute approximate surface area is 171 Å². The zero-order chi connectivity index (χ0) is 21.6. The lowest BCUT2D eigenvalue weighted by Gasteiger charge is -2.21. The van der Waals surface area contributed by atoms with Gasteiger partial charge in [0.2, 0.25) is 0 Å². The number of ether oxygens (including phenoxy) is 4. The van der Waals surface area contributed by atoms with Crippen LogP contribution in [-0.2, 0) is 0 Å². The van der Waals surface area contributed by atoms with Crippen molar-refractivity contribution in [3.8, 4) is 23.0 Å². The molecule has 1 unspecified atom stereocenters. The predicted octanol–water partition coefficient (Wildman–Crippen LogP) is 3.78. The van der Waals surface area contributed by atoms with Crippen LogP contribution in [0.4, 0.5) is 0 Å². The highest BCUT2D eigenvalue weighted by Gasteiger charge is 2.25. The lowest BCUT2D eigenvalue weighted by molar-refractivity contribution is 0.103. The van der Waals surface area contributed by atoms with Gasteiger partial charge in [0, 0.05) is 22.8 Å². The largest absolute Gasteiger partial charge is 0.493 e. The first-order chi connectivity index (χ1) is 13.9. The number of carbonyl (C=O) groups is 1. The van der Waals surface area contributed by atoms with Gasteiger partial charge in [-0.25, -0.2) is 0 Å². The van der Waals surface area contributed by atoms with E-state index in [-0.39, 0.29) is 11.7 Å². The molecule has 29 heavy (non-hydrogen) atoms. The van der Waals surface area contributed by atoms with Crippen LogP contribution >= 0.6 is 0 Å². The highest BCUT2D eigenvalue weighted by molar-refractivity contribution is 6.11. The van der Waals surface area contributed by atoms with Crippen molar-refractivity contribution in [1.29, 1.82) is 0 Å². The Hall–Kier alpha value is -3.22. The Kier molecular flexibility index (Phi) is 7.47. The number of hydrogen-bond donors (Lipinski definition) is 1. The van der Waals surface area contributed by atoms with E-state index in [0.717, 1.165) is 11.3 Å². The van der Waals surface area contributed by atoms with Crippen LogP contribution < -0.4 is 24.8 Å². The third-order valence-corrected chi connectivity index (χ3v) is 4.94. The monoisotopic (exact) mass is 400 g/mol. The van der Waals surface area contributed by atoms with Crippen LogP contribution in [0, 0.1) is 0 Å². The minimum Gasteiger partial charge on any atom is -0.493 e. The zero-order valence-electron chi connectivity index (χ0n) is 17.7. The number of ketones is 1. The first-order valence-corrected chi connectivity index (χ1v) is 9.22. The Balaban J connectivity index is 2.70. The van der Waals surface area contributed by atoms with Gasteiger partial charge in [0.1, 0.15) is 0 Å². The van der Waals surface area contributed by atoms with Gasteiger partial charge in [0.25, 0.3) is 0 Å². The Morgan fingerprint density at radius 3 is 2.00 bits per heavy atom. The topological polar surface area (TPSA) is 92.4 Å². The van der Waals surface area contributed by atoms with Gasteiger partial charge >= 0.3 is 0 Å². The number of rotatable bonds is 9. The van der Waals surface area contributed by atoms with Crippen molar-refractivity contribution in [1.82, 2.24) is 0 Å². The maximum Gasteiger partial charge on any atom is 0.193 e. The number of nitrogens with two attached hydrogens (primary N) is 1. The molecule has 2 aromatic carbocycles. The van der Waals surface area contributed by atoms with E-state index >= 15 is 0 Å². The van der Waals surface area contributed by atoms with E-state index in [9.17, 15) is 4.79 Å². The minimum absolute atomic E-state index is 0.140. The molecule has 0 fully saturated rings. The number of nitrogens with zero attached hydrogens (tertiary/aromatic N) is 1. The highest BCUT2D eigenvalue weighted by Crippen LogP contribution is 2.37. The maximum atomic E-state index is 13.5. The van der Waals surface area contributed by atoms with Crippen molar-refractivity contribution in [2.24, 2.45) is 10.9 Å². The number of methoxy groups -OCH3 is 4. The van der Waals surface area contributed by atoms with Crippen LogP contribution in [0.3, 0.4) is 0 Å². The molecule has 1 atom stereocenters. The molecule has 0 spiro atoms. The summed E-state index contributed by atoms with van der Waals surface area (Å²) in [6.07, 6.45) is 0.716. The van der Waals surface area contributed by atoms with E-state index in [1.807, 2.05) is 19.9 Å². The highest BCUT2D eigenvalue weighted by atomic mass is 16.5. The van der Waals surface area contributed by atoms with Gasteiger partial charge in [0.15, 0.2) is 28.8 Å². The fraction of sp³-hybridized carbons (Fsp3) is 0.364. The summed E-state index contributed by atoms with van der Waals surface area (Å²) >= 11 is 0. The molecule has 0 aliphatic heterocycles. The van der Waals surface area contributed by atoms with Crippen LogP contribution in [0.2, 0.25) is 0 Å². The van der Waals surface area contributed by atoms with Crippen molar-refractivity contribution in [3.05, 3.63) is 47.0 Å². The van der Waals surface area contributed by atoms with E-state index in [1.165, 1.54) is 14.2 Å². The molecule has 0 radical (unpaired) electrons. The molecular formula is C22H28N2O5. The molecule has 2 N–H and O–H groups in total. The van der Waals surface area contributed by atoms with E-state index < -0.39 is 0 Å². The minimum atomic E-state index is -0.176. The molecule has 0 aliphatic rings. The molecule has 0 saturated heterocycles. The SMILES string of the molecule is CCC(C(C)=NN)c1cc(OC)c(OC)cc1C(=O)c1ccc(OC)c(OC)c1. The van der Waals surface area contributed by atoms with Crippen LogP contribution in [-0.4, -0.2) is 39.9 Å². The molecule has 156 valence electrons. The smallest absolute Gasteiger partial charge is 0.193 e. The number of benzene rings is 2. The molecule has 0 heterocycles. The summed E-state index contributed by atoms with van der Waals surface area (Å²) in [5.41, 5.74) is 2.45. The molecule has 2 rings (SSSR count). The molecule has 0 saturated carbocycles. The van der Waals surface area contributed by atoms with E-state index in [1.54, 1.807) is 38.5 Å². The third kappa shape index (κ3) is 4.45. The molecule has 7 nitrogen and oxygen atoms in total. The lowest BCUT2D eigenvalue weighted by atomic mass is 9.85. The van der Waals surface area contributed by atoms with Crippen molar-refractivity contribution >= 4 is 11.5 Å². The summed E-state index contributed by atoms with van der Waals surface area (Å²) in [4.78, 5) is 13.5. The maximum absolute atomic E-state index is 13.5. The van der Waals surface area contributed by atoms with E-state index in [0.29, 0.717) is 40.5 Å². The first-order valence-electron chi connectivity index (χ1n) is 9.22. The summed E-state index contributed by atoms with van der Waals surface area (Å²) in [6.45, 7) is 3.86. The Morgan fingerprint density at radius 2 is 1.48 bits per heavy atom. The third-order valence-electron chi connectivity index (χ3n) is 4.94. The quantitative estimate of drug-likeness (QED) is 0.298. The number of hydrazone groups is 1. The van der Waals surface area contributed by atoms with E-state index in [4.69, 9.17) is 24.8 Å². The Bertz CT molecular complexity index is 908. The van der Waals surface area contributed by atoms with Gasteiger partial charge in [-0.1, -0.05) is 6.92 Å². The summed E-state index contributed by atoms with van der Waals surface area (Å²) in [6, 6.07) is 8.58. The van der Waals surface area contributed by atoms with Crippen LogP contribution in [0.1, 0.15) is 47.7 Å². The molecule has 2 aromatic rings. The summed E-state index contributed by atoms with van der Waals surface area (Å²) in [7, 11) is 6.17. The van der Waals surface area contributed by atoms with Gasteiger partial charge in [-0.15, -0.1) is 0 Å². The summed E-state index contributed by atoms with van der Waals surface area (Å²) < 4.78 is 21.5. The predicted molar refractivity (Wildman–Crippen MR) is 113 cm³/mol. The van der Waals surface area contributed by atoms with Crippen molar-refractivity contribution in [3.63, 3.8) is 0 Å². The summed E-state index contributed by atoms with van der Waals surface area (Å²) in [5, 5.41) is 3.85. The molecule has 0 aliphatic carbocycles. The fourth-order valence-corrected chi connectivity index (χ4v) is 3.34. The van der Waals surface area contributed by atoms with E-state index in [2.05, 4.69) is 5.10 Å². The molecule has 0 amide bonds.